The van der Waals surface area contributed by atoms with Gasteiger partial charge in [-0.05, 0) is 74.3 Å². The maximum absolute atomic E-state index is 14.4. The molecule has 220 valence electrons. The Morgan fingerprint density at radius 1 is 1.07 bits per heavy atom. The molecule has 2 aromatic heterocycles. The number of carboxylic acids is 1. The van der Waals surface area contributed by atoms with E-state index >= 15 is 0 Å². The Morgan fingerprint density at radius 2 is 1.91 bits per heavy atom. The Morgan fingerprint density at radius 3 is 2.63 bits per heavy atom. The molecule has 0 radical (unpaired) electrons. The number of ether oxygens (including phenoxy) is 2. The van der Waals surface area contributed by atoms with Crippen molar-refractivity contribution in [2.24, 2.45) is 0 Å². The van der Waals surface area contributed by atoms with Gasteiger partial charge in [-0.25, -0.2) is 19.2 Å². The van der Waals surface area contributed by atoms with Crippen molar-refractivity contribution in [3.8, 4) is 11.9 Å². The molecule has 2 saturated heterocycles. The zero-order chi connectivity index (χ0) is 29.5. The van der Waals surface area contributed by atoms with Gasteiger partial charge in [0.2, 0.25) is 5.88 Å². The highest BCUT2D eigenvalue weighted by molar-refractivity contribution is 5.92. The van der Waals surface area contributed by atoms with E-state index in [-0.39, 0.29) is 23.6 Å². The molecular formula is C33H32FN5O4. The molecule has 7 rings (SSSR count). The molecule has 3 aliphatic heterocycles. The number of halogens is 1. The first-order valence-corrected chi connectivity index (χ1v) is 14.8. The third-order valence-electron chi connectivity index (χ3n) is 8.94. The lowest BCUT2D eigenvalue weighted by Crippen LogP contribution is -2.35. The number of piperidine rings is 1. The first kappa shape index (κ1) is 27.5. The number of aromatic carboxylic acids is 1. The number of rotatable bonds is 8. The third-order valence-corrected chi connectivity index (χ3v) is 8.94. The summed E-state index contributed by atoms with van der Waals surface area (Å²) in [5.74, 6) is 0.572. The van der Waals surface area contributed by atoms with Gasteiger partial charge in [0.15, 0.2) is 0 Å². The molecule has 3 aliphatic rings. The molecule has 0 spiro atoms. The van der Waals surface area contributed by atoms with Crippen molar-refractivity contribution in [1.29, 1.82) is 5.26 Å². The van der Waals surface area contributed by atoms with Crippen molar-refractivity contribution in [1.82, 2.24) is 19.4 Å². The van der Waals surface area contributed by atoms with E-state index < -0.39 is 5.97 Å². The van der Waals surface area contributed by atoms with E-state index in [0.717, 1.165) is 67.1 Å². The molecule has 4 aromatic rings. The Bertz CT molecular complexity index is 1740. The zero-order valence-corrected chi connectivity index (χ0v) is 23.7. The first-order chi connectivity index (χ1) is 20.9. The van der Waals surface area contributed by atoms with Crippen LogP contribution in [0.4, 0.5) is 4.39 Å². The lowest BCUT2D eigenvalue weighted by molar-refractivity contribution is -0.0592. The van der Waals surface area contributed by atoms with Gasteiger partial charge in [-0.2, -0.15) is 5.26 Å². The minimum absolute atomic E-state index is 0.131. The van der Waals surface area contributed by atoms with Gasteiger partial charge < -0.3 is 19.1 Å². The summed E-state index contributed by atoms with van der Waals surface area (Å²) in [7, 11) is 0. The lowest BCUT2D eigenvalue weighted by Gasteiger charge is -2.32. The van der Waals surface area contributed by atoms with Crippen LogP contribution >= 0.6 is 0 Å². The number of hydrogen-bond donors (Lipinski definition) is 1. The Hall–Kier alpha value is -4.33. The second kappa shape index (κ2) is 11.4. The molecule has 2 aromatic carbocycles. The van der Waals surface area contributed by atoms with Crippen molar-refractivity contribution in [2.75, 3.05) is 19.7 Å². The Kier molecular flexibility index (Phi) is 7.29. The number of aromatic nitrogens is 3. The summed E-state index contributed by atoms with van der Waals surface area (Å²) in [5, 5.41) is 18.5. The number of fused-ring (bicyclic) bond motifs is 2. The number of hydrogen-bond acceptors (Lipinski definition) is 7. The van der Waals surface area contributed by atoms with Gasteiger partial charge in [0, 0.05) is 36.6 Å². The van der Waals surface area contributed by atoms with Gasteiger partial charge in [0.1, 0.15) is 17.7 Å². The molecule has 0 aliphatic carbocycles. The summed E-state index contributed by atoms with van der Waals surface area (Å²) in [6.45, 7) is 3.91. The summed E-state index contributed by atoms with van der Waals surface area (Å²) < 4.78 is 28.4. The Labute approximate surface area is 248 Å². The standard InChI is InChI=1S/C33H32FN5O4/c34-27-13-20(17-35)1-2-22(27)14-26-15-23-3-5-28(37-32(23)43-26)21-7-10-38(11-8-21)19-31-36-29-6-4-24(33(40)41)16-30(29)39(31)18-25-9-12-42-25/h1-6,13,16,21,25-26H,7-12,14-15,18-19H2,(H,40,41)/t25-,26?/m0/s1. The minimum atomic E-state index is -0.945. The molecule has 0 bridgehead atoms. The van der Waals surface area contributed by atoms with Crippen molar-refractivity contribution in [3.05, 3.63) is 88.1 Å². The number of carboxylic acid groups (broad SMARTS) is 1. The van der Waals surface area contributed by atoms with Crippen LogP contribution in [0.25, 0.3) is 11.0 Å². The highest BCUT2D eigenvalue weighted by Crippen LogP contribution is 2.34. The normalized spacial score (nSPS) is 20.4. The second-order valence-electron chi connectivity index (χ2n) is 11.7. The summed E-state index contributed by atoms with van der Waals surface area (Å²) in [6, 6.07) is 15.8. The average molecular weight is 582 g/mol. The molecule has 43 heavy (non-hydrogen) atoms. The van der Waals surface area contributed by atoms with Crippen LogP contribution < -0.4 is 4.74 Å². The summed E-state index contributed by atoms with van der Waals surface area (Å²) >= 11 is 0. The summed E-state index contributed by atoms with van der Waals surface area (Å²) in [6.07, 6.45) is 3.97. The topological polar surface area (TPSA) is 114 Å². The maximum atomic E-state index is 14.4. The number of likely N-dealkylation sites (tertiary alicyclic amines) is 1. The van der Waals surface area contributed by atoms with Crippen molar-refractivity contribution in [3.63, 3.8) is 0 Å². The maximum Gasteiger partial charge on any atom is 0.335 e. The van der Waals surface area contributed by atoms with Gasteiger partial charge in [0.05, 0.1) is 47.4 Å². The highest BCUT2D eigenvalue weighted by Gasteiger charge is 2.29. The largest absolute Gasteiger partial charge is 0.478 e. The van der Waals surface area contributed by atoms with E-state index in [2.05, 4.69) is 21.6 Å². The van der Waals surface area contributed by atoms with Crippen LogP contribution in [-0.2, 0) is 30.7 Å². The molecule has 0 saturated carbocycles. The van der Waals surface area contributed by atoms with Gasteiger partial charge in [-0.3, -0.25) is 4.90 Å². The second-order valence-corrected chi connectivity index (χ2v) is 11.7. The molecule has 2 fully saturated rings. The molecule has 0 amide bonds. The van der Waals surface area contributed by atoms with Crippen LogP contribution in [0.2, 0.25) is 0 Å². The van der Waals surface area contributed by atoms with E-state index in [1.54, 1.807) is 30.3 Å². The van der Waals surface area contributed by atoms with Crippen molar-refractivity contribution >= 4 is 17.0 Å². The summed E-state index contributed by atoms with van der Waals surface area (Å²) in [5.41, 5.74) is 4.82. The lowest BCUT2D eigenvalue weighted by atomic mass is 9.92. The zero-order valence-electron chi connectivity index (χ0n) is 23.7. The van der Waals surface area contributed by atoms with Crippen molar-refractivity contribution < 1.29 is 23.8 Å². The van der Waals surface area contributed by atoms with Crippen LogP contribution in [0.15, 0.2) is 48.5 Å². The number of imidazole rings is 1. The molecule has 9 nitrogen and oxygen atoms in total. The fourth-order valence-electron chi connectivity index (χ4n) is 6.40. The van der Waals surface area contributed by atoms with Crippen LogP contribution in [0.3, 0.4) is 0 Å². The fourth-order valence-corrected chi connectivity index (χ4v) is 6.40. The number of carbonyl (C=O) groups is 1. The number of pyridine rings is 1. The first-order valence-electron chi connectivity index (χ1n) is 14.8. The Balaban J connectivity index is 0.999. The van der Waals surface area contributed by atoms with Gasteiger partial charge >= 0.3 is 5.97 Å². The molecule has 1 N–H and O–H groups in total. The molecule has 2 atom stereocenters. The van der Waals surface area contributed by atoms with Crippen LogP contribution in [0.1, 0.15) is 63.7 Å². The van der Waals surface area contributed by atoms with E-state index in [1.165, 1.54) is 6.07 Å². The molecular weight excluding hydrogens is 549 g/mol. The minimum Gasteiger partial charge on any atom is -0.478 e. The third kappa shape index (κ3) is 5.58. The molecule has 1 unspecified atom stereocenters. The van der Waals surface area contributed by atoms with Crippen LogP contribution in [0.5, 0.6) is 5.88 Å². The average Bonchev–Trinajstić information content (AvgIpc) is 3.55. The SMILES string of the molecule is N#Cc1ccc(CC2Cc3ccc(C4CCN(Cc5nc6ccc(C(=O)O)cc6n5C[C@@H]5CCO5)CC4)nc3O2)c(F)c1. The summed E-state index contributed by atoms with van der Waals surface area (Å²) in [4.78, 5) is 23.8. The fraction of sp³-hybridized carbons (Fsp3) is 0.394. The van der Waals surface area contributed by atoms with Crippen LogP contribution in [-0.4, -0.2) is 62.4 Å². The predicted molar refractivity (Wildman–Crippen MR) is 155 cm³/mol. The van der Waals surface area contributed by atoms with Gasteiger partial charge in [-0.1, -0.05) is 12.1 Å². The van der Waals surface area contributed by atoms with E-state index in [9.17, 15) is 14.3 Å². The molecule has 10 heteroatoms. The highest BCUT2D eigenvalue weighted by atomic mass is 19.1. The predicted octanol–water partition coefficient (Wildman–Crippen LogP) is 4.85. The molecule has 5 heterocycles. The monoisotopic (exact) mass is 581 g/mol. The van der Waals surface area contributed by atoms with E-state index in [4.69, 9.17) is 24.7 Å². The number of nitriles is 1. The van der Waals surface area contributed by atoms with Crippen molar-refractivity contribution in [2.45, 2.75) is 63.3 Å². The number of nitrogens with zero attached hydrogens (tertiary/aromatic N) is 5. The van der Waals surface area contributed by atoms with Gasteiger partial charge in [0.25, 0.3) is 0 Å². The number of benzene rings is 2. The van der Waals surface area contributed by atoms with E-state index in [1.807, 2.05) is 6.07 Å². The van der Waals surface area contributed by atoms with Gasteiger partial charge in [-0.15, -0.1) is 0 Å². The quantitative estimate of drug-likeness (QED) is 0.314. The smallest absolute Gasteiger partial charge is 0.335 e. The van der Waals surface area contributed by atoms with E-state index in [0.29, 0.717) is 48.9 Å². The van der Waals surface area contributed by atoms with Crippen LogP contribution in [0, 0.1) is 17.1 Å².